The van der Waals surface area contributed by atoms with Gasteiger partial charge in [-0.25, -0.2) is 8.78 Å². The van der Waals surface area contributed by atoms with Gasteiger partial charge in [0.15, 0.2) is 5.71 Å². The van der Waals surface area contributed by atoms with E-state index in [1.807, 2.05) is 0 Å². The first-order chi connectivity index (χ1) is 15.8. The Morgan fingerprint density at radius 3 is 1.58 bits per heavy atom. The lowest BCUT2D eigenvalue weighted by molar-refractivity contribution is -0.404. The van der Waals surface area contributed by atoms with Gasteiger partial charge in [0.25, 0.3) is 0 Å². The second kappa shape index (κ2) is 9.36. The van der Waals surface area contributed by atoms with Gasteiger partial charge in [-0.2, -0.15) is 65.5 Å². The third kappa shape index (κ3) is 4.97. The summed E-state index contributed by atoms with van der Waals surface area (Å²) in [7, 11) is -6.15. The van der Waals surface area contributed by atoms with E-state index >= 15 is 0 Å². The fraction of sp³-hybridized carbons (Fsp3) is 0.533. The molecule has 0 saturated carbocycles. The van der Waals surface area contributed by atoms with Gasteiger partial charge in [0.1, 0.15) is 5.75 Å². The largest absolute Gasteiger partial charge is 0.536 e. The minimum absolute atomic E-state index is 0.120. The third-order valence-corrected chi connectivity index (χ3v) is 4.88. The van der Waals surface area contributed by atoms with Crippen LogP contribution in [0.3, 0.4) is 0 Å². The Kier molecular flexibility index (Phi) is 8.17. The van der Waals surface area contributed by atoms with Gasteiger partial charge in [-0.15, -0.1) is 0 Å². The van der Waals surface area contributed by atoms with Crippen LogP contribution >= 0.6 is 0 Å². The molecule has 0 N–H and O–H groups in total. The summed E-state index contributed by atoms with van der Waals surface area (Å²) in [5.74, 6) is -38.6. The van der Waals surface area contributed by atoms with Crippen molar-refractivity contribution in [3.63, 3.8) is 0 Å². The molecule has 0 aromatic heterocycles. The van der Waals surface area contributed by atoms with E-state index in [1.165, 1.54) is 0 Å². The van der Waals surface area contributed by atoms with Crippen LogP contribution in [0.25, 0.3) is 0 Å². The quantitative estimate of drug-likeness (QED) is 0.153. The van der Waals surface area contributed by atoms with Crippen LogP contribution < -0.4 is 4.74 Å². The van der Waals surface area contributed by atoms with E-state index in [0.717, 1.165) is 7.11 Å². The van der Waals surface area contributed by atoms with Crippen molar-refractivity contribution >= 4 is 15.8 Å². The number of nitrogens with zero attached hydrogens (tertiary/aromatic N) is 1. The summed E-state index contributed by atoms with van der Waals surface area (Å²) >= 11 is 0. The van der Waals surface area contributed by atoms with Gasteiger partial charge in [0.2, 0.25) is 0 Å². The molecule has 0 fully saturated rings. The Balaban J connectivity index is 3.87. The minimum Gasteiger partial charge on any atom is -0.497 e. The molecule has 0 aliphatic heterocycles. The Morgan fingerprint density at radius 1 is 0.778 bits per heavy atom. The zero-order chi connectivity index (χ0) is 28.8. The van der Waals surface area contributed by atoms with Gasteiger partial charge in [-0.05, 0) is 24.3 Å². The van der Waals surface area contributed by atoms with Crippen molar-refractivity contribution < 1.29 is 83.3 Å². The lowest BCUT2D eigenvalue weighted by Gasteiger charge is -2.39. The van der Waals surface area contributed by atoms with Crippen molar-refractivity contribution in [1.82, 2.24) is 0 Å². The van der Waals surface area contributed by atoms with Crippen LogP contribution in [0.1, 0.15) is 5.56 Å². The summed E-state index contributed by atoms with van der Waals surface area (Å²) in [6.07, 6.45) is -5.79. The summed E-state index contributed by atoms with van der Waals surface area (Å²) < 4.78 is 228. The number of ether oxygens (including phenoxy) is 1. The molecule has 0 amide bonds. The van der Waals surface area contributed by atoms with Crippen molar-refractivity contribution in [3.8, 4) is 5.75 Å². The second-order valence-corrected chi connectivity index (χ2v) is 7.88. The molecule has 0 aliphatic rings. The molecule has 0 unspecified atom stereocenters. The molecule has 0 saturated heterocycles. The molecule has 0 aliphatic carbocycles. The number of rotatable bonds is 10. The monoisotopic (exact) mass is 583 g/mol. The van der Waals surface area contributed by atoms with Gasteiger partial charge in [-0.3, -0.25) is 4.28 Å². The topological polar surface area (TPSA) is 65.0 Å². The number of oxime groups is 1. The Bertz CT molecular complexity index is 1070. The number of hydrogen-bond acceptors (Lipinski definition) is 5. The zero-order valence-electron chi connectivity index (χ0n) is 16.5. The van der Waals surface area contributed by atoms with Crippen molar-refractivity contribution in [3.05, 3.63) is 29.8 Å². The minimum atomic E-state index is -8.07. The van der Waals surface area contributed by atoms with Crippen molar-refractivity contribution in [1.29, 1.82) is 0 Å². The summed E-state index contributed by atoms with van der Waals surface area (Å²) in [6, 6.07) is 1.26. The summed E-state index contributed by atoms with van der Waals surface area (Å²) in [5, 5.41) is 1.54. The molecular formula is C15H8F15NO4S. The van der Waals surface area contributed by atoms with E-state index in [-0.39, 0.29) is 17.9 Å². The first kappa shape index (κ1) is 31.4. The van der Waals surface area contributed by atoms with Crippen LogP contribution in [0, 0.1) is 0 Å². The van der Waals surface area contributed by atoms with Gasteiger partial charge in [0.05, 0.1) is 7.11 Å². The molecule has 0 radical (unpaired) electrons. The second-order valence-electron chi connectivity index (χ2n) is 6.36. The highest BCUT2D eigenvalue weighted by Gasteiger charge is 2.88. The Labute approximate surface area is 189 Å². The van der Waals surface area contributed by atoms with Gasteiger partial charge < -0.3 is 4.74 Å². The van der Waals surface area contributed by atoms with Crippen molar-refractivity contribution in [2.24, 2.45) is 5.16 Å². The molecule has 5 nitrogen and oxygen atoms in total. The van der Waals surface area contributed by atoms with Crippen LogP contribution in [0.15, 0.2) is 29.4 Å². The van der Waals surface area contributed by atoms with Crippen LogP contribution in [0.5, 0.6) is 5.75 Å². The summed E-state index contributed by atoms with van der Waals surface area (Å²) in [4.78, 5) is 0. The lowest BCUT2D eigenvalue weighted by Crippen LogP contribution is -2.70. The molecule has 1 aromatic carbocycles. The lowest BCUT2D eigenvalue weighted by atomic mass is 9.90. The molecule has 0 spiro atoms. The van der Waals surface area contributed by atoms with E-state index in [1.54, 1.807) is 5.16 Å². The summed E-state index contributed by atoms with van der Waals surface area (Å²) in [5.41, 5.74) is -11.4. The van der Waals surface area contributed by atoms with Gasteiger partial charge in [-0.1, -0.05) is 5.16 Å². The van der Waals surface area contributed by atoms with Crippen molar-refractivity contribution in [2.75, 3.05) is 7.11 Å². The maximum Gasteiger partial charge on any atom is 0.536 e. The smallest absolute Gasteiger partial charge is 0.497 e. The average molecular weight is 583 g/mol. The highest BCUT2D eigenvalue weighted by Crippen LogP contribution is 2.58. The molecule has 1 aromatic rings. The highest BCUT2D eigenvalue weighted by molar-refractivity contribution is 7.87. The molecular weight excluding hydrogens is 575 g/mol. The zero-order valence-corrected chi connectivity index (χ0v) is 17.4. The molecule has 36 heavy (non-hydrogen) atoms. The maximum absolute atomic E-state index is 14.5. The SMILES string of the molecule is COc1ccc(/C(=N/OS(=O)(=O)C(F)(F)F)C(F)(F)C(F)(F)C(F)(F)C(F)(F)C(F)(F)C(F)F)cc1. The molecule has 208 valence electrons. The Morgan fingerprint density at radius 2 is 1.22 bits per heavy atom. The predicted octanol–water partition coefficient (Wildman–Crippen LogP) is 5.71. The fourth-order valence-corrected chi connectivity index (χ4v) is 2.32. The predicted molar refractivity (Wildman–Crippen MR) is 86.3 cm³/mol. The number of alkyl halides is 15. The van der Waals surface area contributed by atoms with Gasteiger partial charge >= 0.3 is 51.7 Å². The highest BCUT2D eigenvalue weighted by atomic mass is 32.2. The molecule has 0 heterocycles. The van der Waals surface area contributed by atoms with E-state index in [0.29, 0.717) is 12.1 Å². The first-order valence-corrected chi connectivity index (χ1v) is 9.63. The Hall–Kier alpha value is -2.61. The number of methoxy groups -OCH3 is 1. The fourth-order valence-electron chi connectivity index (χ4n) is 2.06. The van der Waals surface area contributed by atoms with E-state index < -0.39 is 62.9 Å². The van der Waals surface area contributed by atoms with E-state index in [4.69, 9.17) is 0 Å². The molecule has 1 rings (SSSR count). The van der Waals surface area contributed by atoms with E-state index in [2.05, 4.69) is 9.02 Å². The first-order valence-electron chi connectivity index (χ1n) is 8.23. The number of hydrogen-bond donors (Lipinski definition) is 0. The van der Waals surface area contributed by atoms with Gasteiger partial charge in [0, 0.05) is 5.56 Å². The summed E-state index contributed by atoms with van der Waals surface area (Å²) in [6.45, 7) is 0. The maximum atomic E-state index is 14.5. The van der Waals surface area contributed by atoms with Crippen molar-refractivity contribution in [2.45, 2.75) is 41.5 Å². The molecule has 0 bridgehead atoms. The molecule has 0 atom stereocenters. The number of halogens is 15. The van der Waals surface area contributed by atoms with Crippen LogP contribution in [0.4, 0.5) is 65.9 Å². The normalized spacial score (nSPS) is 15.3. The van der Waals surface area contributed by atoms with Crippen LogP contribution in [-0.4, -0.2) is 62.8 Å². The third-order valence-electron chi connectivity index (χ3n) is 4.05. The van der Waals surface area contributed by atoms with Crippen LogP contribution in [-0.2, 0) is 14.4 Å². The van der Waals surface area contributed by atoms with E-state index in [9.17, 15) is 74.3 Å². The standard InChI is InChI=1S/C15H8F15NO4S/c1-34-7-4-2-6(3-5-7)8(31-35-36(32,33)15(28,29)30)10(18,19)12(22,23)14(26,27)13(24,25)11(20,21)9(16)17/h2-5,9H,1H3/b31-8-. The molecule has 21 heteroatoms. The average Bonchev–Trinajstić information content (AvgIpc) is 2.72. The number of benzene rings is 1. The van der Waals surface area contributed by atoms with Crippen LogP contribution in [0.2, 0.25) is 0 Å².